The van der Waals surface area contributed by atoms with E-state index in [0.717, 1.165) is 16.1 Å². The Morgan fingerprint density at radius 3 is 2.81 bits per heavy atom. The van der Waals surface area contributed by atoms with Gasteiger partial charge in [0.15, 0.2) is 6.10 Å². The Labute approximate surface area is 130 Å². The lowest BCUT2D eigenvalue weighted by atomic mass is 10.1. The van der Waals surface area contributed by atoms with Crippen LogP contribution in [0.4, 0.5) is 5.69 Å². The fourth-order valence-electron chi connectivity index (χ4n) is 2.19. The summed E-state index contributed by atoms with van der Waals surface area (Å²) in [7, 11) is 0. The normalized spacial score (nSPS) is 21.1. The monoisotopic (exact) mass is 319 g/mol. The van der Waals surface area contributed by atoms with Crippen molar-refractivity contribution >= 4 is 40.7 Å². The van der Waals surface area contributed by atoms with Crippen molar-refractivity contribution in [1.29, 1.82) is 0 Å². The smallest absolute Gasteiger partial charge is 0.303 e. The van der Waals surface area contributed by atoms with Gasteiger partial charge < -0.3 is 10.1 Å². The van der Waals surface area contributed by atoms with E-state index < -0.39 is 12.1 Å². The summed E-state index contributed by atoms with van der Waals surface area (Å²) in [6.45, 7) is 1.32. The molecule has 2 atom stereocenters. The Kier molecular flexibility index (Phi) is 3.98. The van der Waals surface area contributed by atoms with Crippen LogP contribution in [0.15, 0.2) is 46.0 Å². The summed E-state index contributed by atoms with van der Waals surface area (Å²) < 4.78 is 5.28. The van der Waals surface area contributed by atoms with Gasteiger partial charge in [0.1, 0.15) is 0 Å². The van der Waals surface area contributed by atoms with Gasteiger partial charge in [0.05, 0.1) is 10.9 Å². The van der Waals surface area contributed by atoms with Crippen molar-refractivity contribution in [3.05, 3.63) is 46.7 Å². The molecule has 1 aliphatic rings. The second-order valence-corrected chi connectivity index (χ2v) is 6.57. The van der Waals surface area contributed by atoms with Crippen LogP contribution >= 0.6 is 23.1 Å². The van der Waals surface area contributed by atoms with Gasteiger partial charge in [0, 0.05) is 11.8 Å². The zero-order valence-electron chi connectivity index (χ0n) is 11.2. The minimum Gasteiger partial charge on any atom is -0.451 e. The van der Waals surface area contributed by atoms with Gasteiger partial charge >= 0.3 is 5.97 Å². The molecule has 4 nitrogen and oxygen atoms in total. The number of anilines is 1. The maximum Gasteiger partial charge on any atom is 0.303 e. The van der Waals surface area contributed by atoms with Crippen molar-refractivity contribution in [2.45, 2.75) is 23.2 Å². The van der Waals surface area contributed by atoms with Crippen molar-refractivity contribution in [3.8, 4) is 0 Å². The standard InChI is InChI=1S/C15H13NO3S2/c1-9(17)19-13-14(10-6-7-20-8-10)21-12-5-3-2-4-11(12)16-15(13)18/h2-8,13-14H,1H3,(H,16,18)/t13-,14+/m1/s1. The minimum atomic E-state index is -0.838. The van der Waals surface area contributed by atoms with Gasteiger partial charge in [-0.05, 0) is 34.5 Å². The van der Waals surface area contributed by atoms with E-state index in [-0.39, 0.29) is 11.2 Å². The third kappa shape index (κ3) is 2.96. The first-order valence-corrected chi connectivity index (χ1v) is 8.23. The number of hydrogen-bond acceptors (Lipinski definition) is 5. The maximum absolute atomic E-state index is 12.4. The van der Waals surface area contributed by atoms with Crippen molar-refractivity contribution in [2.75, 3.05) is 5.32 Å². The van der Waals surface area contributed by atoms with Crippen LogP contribution in [0.2, 0.25) is 0 Å². The van der Waals surface area contributed by atoms with Gasteiger partial charge in [-0.15, -0.1) is 11.8 Å². The average Bonchev–Trinajstić information content (AvgIpc) is 2.93. The lowest BCUT2D eigenvalue weighted by molar-refractivity contribution is -0.152. The van der Waals surface area contributed by atoms with E-state index in [1.807, 2.05) is 41.1 Å². The van der Waals surface area contributed by atoms with Gasteiger partial charge in [0.25, 0.3) is 5.91 Å². The minimum absolute atomic E-state index is 0.246. The first-order chi connectivity index (χ1) is 10.1. The number of carbonyl (C=O) groups excluding carboxylic acids is 2. The largest absolute Gasteiger partial charge is 0.451 e. The number of para-hydroxylation sites is 1. The Morgan fingerprint density at radius 1 is 1.29 bits per heavy atom. The highest BCUT2D eigenvalue weighted by molar-refractivity contribution is 7.99. The summed E-state index contributed by atoms with van der Waals surface area (Å²) in [5.41, 5.74) is 1.74. The van der Waals surface area contributed by atoms with Gasteiger partial charge in [0.2, 0.25) is 0 Å². The van der Waals surface area contributed by atoms with E-state index in [9.17, 15) is 9.59 Å². The first kappa shape index (κ1) is 14.2. The highest BCUT2D eigenvalue weighted by Gasteiger charge is 2.36. The summed E-state index contributed by atoms with van der Waals surface area (Å²) in [6, 6.07) is 9.55. The summed E-state index contributed by atoms with van der Waals surface area (Å²) in [5.74, 6) is -0.749. The molecule has 1 N–H and O–H groups in total. The summed E-state index contributed by atoms with van der Waals surface area (Å²) in [4.78, 5) is 24.7. The fourth-order valence-corrected chi connectivity index (χ4v) is 4.23. The SMILES string of the molecule is CC(=O)O[C@H]1C(=O)Nc2ccccc2S[C@H]1c1ccsc1. The molecule has 6 heteroatoms. The number of esters is 1. The Bertz CT molecular complexity index is 669. The second kappa shape index (κ2) is 5.91. The molecule has 0 aliphatic carbocycles. The average molecular weight is 319 g/mol. The Hall–Kier alpha value is -1.79. The van der Waals surface area contributed by atoms with Crippen LogP contribution in [0.3, 0.4) is 0 Å². The van der Waals surface area contributed by atoms with Gasteiger partial charge in [-0.25, -0.2) is 0 Å². The number of amides is 1. The van der Waals surface area contributed by atoms with Crippen LogP contribution in [0.1, 0.15) is 17.7 Å². The molecule has 1 aliphatic heterocycles. The molecule has 0 spiro atoms. The molecule has 0 bridgehead atoms. The fraction of sp³-hybridized carbons (Fsp3) is 0.200. The van der Waals surface area contributed by atoms with Crippen LogP contribution in [0.25, 0.3) is 0 Å². The molecule has 2 heterocycles. The van der Waals surface area contributed by atoms with E-state index >= 15 is 0 Å². The number of thiophene rings is 1. The Morgan fingerprint density at radius 2 is 2.10 bits per heavy atom. The van der Waals surface area contributed by atoms with Gasteiger partial charge in [-0.1, -0.05) is 12.1 Å². The predicted octanol–water partition coefficient (Wildman–Crippen LogP) is 3.47. The molecule has 0 radical (unpaired) electrons. The molecule has 3 rings (SSSR count). The van der Waals surface area contributed by atoms with Crippen molar-refractivity contribution in [2.24, 2.45) is 0 Å². The van der Waals surface area contributed by atoms with Crippen molar-refractivity contribution < 1.29 is 14.3 Å². The summed E-state index contributed by atoms with van der Waals surface area (Å²) in [6.07, 6.45) is -0.838. The van der Waals surface area contributed by atoms with Gasteiger partial charge in [-0.3, -0.25) is 9.59 Å². The molecule has 0 fully saturated rings. The number of benzene rings is 1. The molecule has 1 amide bonds. The van der Waals surface area contributed by atoms with Crippen LogP contribution in [0.5, 0.6) is 0 Å². The van der Waals surface area contributed by atoms with Crippen molar-refractivity contribution in [1.82, 2.24) is 0 Å². The van der Waals surface area contributed by atoms with Crippen LogP contribution in [0, 0.1) is 0 Å². The van der Waals surface area contributed by atoms with Gasteiger partial charge in [-0.2, -0.15) is 11.3 Å². The zero-order valence-corrected chi connectivity index (χ0v) is 12.9. The highest BCUT2D eigenvalue weighted by Crippen LogP contribution is 2.45. The van der Waals surface area contributed by atoms with Crippen LogP contribution in [-0.4, -0.2) is 18.0 Å². The number of ether oxygens (including phenoxy) is 1. The van der Waals surface area contributed by atoms with Crippen LogP contribution < -0.4 is 5.32 Å². The molecule has 21 heavy (non-hydrogen) atoms. The third-order valence-electron chi connectivity index (χ3n) is 3.10. The van der Waals surface area contributed by atoms with E-state index in [4.69, 9.17) is 4.74 Å². The molecule has 1 aromatic carbocycles. The number of carbonyl (C=O) groups is 2. The first-order valence-electron chi connectivity index (χ1n) is 6.41. The number of rotatable bonds is 2. The molecular weight excluding hydrogens is 306 g/mol. The van der Waals surface area contributed by atoms with Crippen LogP contribution in [-0.2, 0) is 14.3 Å². The van der Waals surface area contributed by atoms with E-state index in [1.165, 1.54) is 18.7 Å². The summed E-state index contributed by atoms with van der Waals surface area (Å²) >= 11 is 3.09. The maximum atomic E-state index is 12.4. The van der Waals surface area contributed by atoms with E-state index in [2.05, 4.69) is 5.32 Å². The molecule has 0 saturated carbocycles. The quantitative estimate of drug-likeness (QED) is 0.861. The topological polar surface area (TPSA) is 55.4 Å². The summed E-state index contributed by atoms with van der Waals surface area (Å²) in [5, 5.41) is 6.53. The highest BCUT2D eigenvalue weighted by atomic mass is 32.2. The zero-order chi connectivity index (χ0) is 14.8. The predicted molar refractivity (Wildman–Crippen MR) is 83.5 cm³/mol. The molecule has 0 saturated heterocycles. The van der Waals surface area contributed by atoms with E-state index in [0.29, 0.717) is 0 Å². The number of nitrogens with one attached hydrogen (secondary N) is 1. The lowest BCUT2D eigenvalue weighted by Crippen LogP contribution is -2.34. The number of fused-ring (bicyclic) bond motifs is 1. The molecule has 2 aromatic rings. The van der Waals surface area contributed by atoms with E-state index in [1.54, 1.807) is 11.3 Å². The lowest BCUT2D eigenvalue weighted by Gasteiger charge is -2.21. The third-order valence-corrected chi connectivity index (χ3v) is 5.18. The Balaban J connectivity index is 2.03. The molecule has 1 aromatic heterocycles. The van der Waals surface area contributed by atoms with Crippen molar-refractivity contribution in [3.63, 3.8) is 0 Å². The molecule has 0 unspecified atom stereocenters. The second-order valence-electron chi connectivity index (χ2n) is 4.61. The number of thioether (sulfide) groups is 1. The molecule has 108 valence electrons. The number of hydrogen-bond donors (Lipinski definition) is 1. The molecular formula is C15H13NO3S2.